The van der Waals surface area contributed by atoms with Crippen molar-refractivity contribution < 1.29 is 19.8 Å². The average molecular weight is 310 g/mol. The lowest BCUT2D eigenvalue weighted by Crippen LogP contribution is -2.10. The van der Waals surface area contributed by atoms with Crippen LogP contribution in [0.25, 0.3) is 0 Å². The van der Waals surface area contributed by atoms with Gasteiger partial charge in [0.25, 0.3) is 0 Å². The highest BCUT2D eigenvalue weighted by molar-refractivity contribution is 5.79. The van der Waals surface area contributed by atoms with Gasteiger partial charge in [-0.2, -0.15) is 0 Å². The van der Waals surface area contributed by atoms with Crippen LogP contribution in [0, 0.1) is 0 Å². The van der Waals surface area contributed by atoms with E-state index in [1.54, 1.807) is 6.08 Å². The summed E-state index contributed by atoms with van der Waals surface area (Å²) in [6.07, 6.45) is 14.2. The van der Waals surface area contributed by atoms with Gasteiger partial charge in [0.2, 0.25) is 0 Å². The molecule has 4 nitrogen and oxygen atoms in total. The van der Waals surface area contributed by atoms with Crippen molar-refractivity contribution in [3.63, 3.8) is 0 Å². The topological polar surface area (TPSA) is 74.6 Å². The Labute approximate surface area is 133 Å². The highest BCUT2D eigenvalue weighted by Crippen LogP contribution is 2.06. The Kier molecular flexibility index (Phi) is 13.6. The second-order valence-corrected chi connectivity index (χ2v) is 5.54. The molecule has 126 valence electrons. The van der Waals surface area contributed by atoms with Gasteiger partial charge in [-0.15, -0.1) is 0 Å². The first-order valence-corrected chi connectivity index (χ1v) is 8.29. The van der Waals surface area contributed by atoms with Crippen molar-refractivity contribution in [2.75, 3.05) is 0 Å². The number of carboxylic acid groups (broad SMARTS) is 1. The molecule has 0 fully saturated rings. The van der Waals surface area contributed by atoms with Crippen LogP contribution >= 0.6 is 0 Å². The first-order valence-electron chi connectivity index (χ1n) is 8.29. The Morgan fingerprint density at radius 3 is 2.41 bits per heavy atom. The molecule has 0 aliphatic heterocycles. The quantitative estimate of drug-likeness (QED) is 0.375. The van der Waals surface area contributed by atoms with Gasteiger partial charge in [-0.1, -0.05) is 44.1 Å². The smallest absolute Gasteiger partial charge is 0.303 e. The summed E-state index contributed by atoms with van der Waals surface area (Å²) in [7, 11) is 0. The number of allylic oxidation sites excluding steroid dienone is 3. The maximum absolute atomic E-state index is 11.6. The third kappa shape index (κ3) is 15.0. The van der Waals surface area contributed by atoms with E-state index in [0.717, 1.165) is 12.8 Å². The van der Waals surface area contributed by atoms with Gasteiger partial charge >= 0.3 is 5.97 Å². The van der Waals surface area contributed by atoms with E-state index in [1.807, 2.05) is 6.08 Å². The van der Waals surface area contributed by atoms with E-state index < -0.39 is 12.1 Å². The van der Waals surface area contributed by atoms with Gasteiger partial charge in [-0.25, -0.2) is 0 Å². The van der Waals surface area contributed by atoms with Crippen LogP contribution in [-0.2, 0) is 9.59 Å². The first kappa shape index (κ1) is 20.6. The van der Waals surface area contributed by atoms with Gasteiger partial charge in [-0.3, -0.25) is 9.59 Å². The van der Waals surface area contributed by atoms with E-state index in [1.165, 1.54) is 19.3 Å². The number of carbonyl (C=O) groups excluding carboxylic acids is 1. The molecule has 0 spiro atoms. The molecule has 0 heterocycles. The standard InChI is InChI=1S/C18H30O4/c1-2-3-4-5-6-7-8-9-12-16(19)15-17(20)13-10-11-14-18(21)22/h6-7,9,12,16,19H,2-5,8,10-11,13-15H2,1H3,(H,21,22)/b7-6-,12-9-. The van der Waals surface area contributed by atoms with E-state index in [4.69, 9.17) is 5.11 Å². The SMILES string of the molecule is CCCCC/C=C\C/C=C\C(O)CC(=O)CCCCC(=O)O. The van der Waals surface area contributed by atoms with Crippen molar-refractivity contribution >= 4 is 11.8 Å². The minimum Gasteiger partial charge on any atom is -0.481 e. The van der Waals surface area contributed by atoms with Crippen molar-refractivity contribution in [3.05, 3.63) is 24.3 Å². The molecule has 0 bridgehead atoms. The van der Waals surface area contributed by atoms with Gasteiger partial charge in [-0.05, 0) is 32.1 Å². The van der Waals surface area contributed by atoms with Crippen LogP contribution < -0.4 is 0 Å². The first-order chi connectivity index (χ1) is 10.6. The lowest BCUT2D eigenvalue weighted by atomic mass is 10.1. The second kappa shape index (κ2) is 14.5. The van der Waals surface area contributed by atoms with Gasteiger partial charge in [0.1, 0.15) is 5.78 Å². The Morgan fingerprint density at radius 1 is 1.00 bits per heavy atom. The fourth-order valence-corrected chi connectivity index (χ4v) is 2.04. The largest absolute Gasteiger partial charge is 0.481 e. The molecular formula is C18H30O4. The van der Waals surface area contributed by atoms with Crippen LogP contribution in [-0.4, -0.2) is 28.1 Å². The summed E-state index contributed by atoms with van der Waals surface area (Å²) in [5.41, 5.74) is 0. The molecule has 0 saturated heterocycles. The number of carbonyl (C=O) groups is 2. The minimum absolute atomic E-state index is 0.0161. The summed E-state index contributed by atoms with van der Waals surface area (Å²) in [6, 6.07) is 0. The van der Waals surface area contributed by atoms with Crippen molar-refractivity contribution in [2.45, 2.75) is 77.2 Å². The number of unbranched alkanes of at least 4 members (excludes halogenated alkanes) is 4. The maximum atomic E-state index is 11.6. The summed E-state index contributed by atoms with van der Waals surface area (Å²) in [4.78, 5) is 21.9. The molecule has 0 amide bonds. The second-order valence-electron chi connectivity index (χ2n) is 5.54. The zero-order valence-electron chi connectivity index (χ0n) is 13.7. The fraction of sp³-hybridized carbons (Fsp3) is 0.667. The number of rotatable bonds is 14. The van der Waals surface area contributed by atoms with Crippen LogP contribution in [0.15, 0.2) is 24.3 Å². The van der Waals surface area contributed by atoms with Gasteiger partial charge in [0, 0.05) is 19.3 Å². The molecule has 1 unspecified atom stereocenters. The van der Waals surface area contributed by atoms with Crippen molar-refractivity contribution in [2.24, 2.45) is 0 Å². The van der Waals surface area contributed by atoms with E-state index in [9.17, 15) is 14.7 Å². The summed E-state index contributed by atoms with van der Waals surface area (Å²) in [5.74, 6) is -0.851. The third-order valence-electron chi connectivity index (χ3n) is 3.30. The number of carboxylic acids is 1. The molecule has 0 aromatic heterocycles. The van der Waals surface area contributed by atoms with E-state index in [-0.39, 0.29) is 18.6 Å². The minimum atomic E-state index is -0.835. The molecule has 4 heteroatoms. The number of aliphatic hydroxyl groups is 1. The Balaban J connectivity index is 3.65. The van der Waals surface area contributed by atoms with Crippen molar-refractivity contribution in [3.8, 4) is 0 Å². The van der Waals surface area contributed by atoms with Gasteiger partial charge in [0.05, 0.1) is 6.10 Å². The average Bonchev–Trinajstić information content (AvgIpc) is 2.46. The number of hydrogen-bond donors (Lipinski definition) is 2. The number of aliphatic carboxylic acids is 1. The molecule has 0 aliphatic rings. The molecule has 0 aromatic rings. The zero-order chi connectivity index (χ0) is 16.6. The van der Waals surface area contributed by atoms with Crippen LogP contribution in [0.4, 0.5) is 0 Å². The van der Waals surface area contributed by atoms with Crippen LogP contribution in [0.1, 0.15) is 71.1 Å². The van der Waals surface area contributed by atoms with E-state index >= 15 is 0 Å². The summed E-state index contributed by atoms with van der Waals surface area (Å²) in [6.45, 7) is 2.18. The molecule has 1 atom stereocenters. The maximum Gasteiger partial charge on any atom is 0.303 e. The predicted molar refractivity (Wildman–Crippen MR) is 88.8 cm³/mol. The number of hydrogen-bond acceptors (Lipinski definition) is 3. The van der Waals surface area contributed by atoms with Crippen molar-refractivity contribution in [1.82, 2.24) is 0 Å². The van der Waals surface area contributed by atoms with Gasteiger partial charge < -0.3 is 10.2 Å². The Morgan fingerprint density at radius 2 is 1.73 bits per heavy atom. The Hall–Kier alpha value is -1.42. The highest BCUT2D eigenvalue weighted by Gasteiger charge is 2.08. The van der Waals surface area contributed by atoms with Crippen LogP contribution in [0.2, 0.25) is 0 Å². The van der Waals surface area contributed by atoms with Crippen LogP contribution in [0.3, 0.4) is 0 Å². The molecule has 2 N–H and O–H groups in total. The third-order valence-corrected chi connectivity index (χ3v) is 3.30. The predicted octanol–water partition coefficient (Wildman–Crippen LogP) is 4.03. The molecule has 22 heavy (non-hydrogen) atoms. The van der Waals surface area contributed by atoms with Gasteiger partial charge in [0.15, 0.2) is 0 Å². The normalized spacial score (nSPS) is 13.0. The molecule has 0 rings (SSSR count). The summed E-state index contributed by atoms with van der Waals surface area (Å²) < 4.78 is 0. The van der Waals surface area contributed by atoms with Crippen molar-refractivity contribution in [1.29, 1.82) is 0 Å². The summed E-state index contributed by atoms with van der Waals surface area (Å²) in [5, 5.41) is 18.2. The number of Topliss-reactive ketones (excluding diaryl/α,β-unsaturated/α-hetero) is 1. The summed E-state index contributed by atoms with van der Waals surface area (Å²) >= 11 is 0. The highest BCUT2D eigenvalue weighted by atomic mass is 16.4. The molecule has 0 aliphatic carbocycles. The molecular weight excluding hydrogens is 280 g/mol. The van der Waals surface area contributed by atoms with E-state index in [0.29, 0.717) is 19.3 Å². The molecule has 0 aromatic carbocycles. The Bertz CT molecular complexity index is 358. The monoisotopic (exact) mass is 310 g/mol. The fourth-order valence-electron chi connectivity index (χ4n) is 2.04. The lowest BCUT2D eigenvalue weighted by Gasteiger charge is -2.04. The molecule has 0 radical (unpaired) electrons. The van der Waals surface area contributed by atoms with E-state index in [2.05, 4.69) is 19.1 Å². The number of aliphatic hydroxyl groups excluding tert-OH is 1. The molecule has 0 saturated carbocycles. The number of ketones is 1. The lowest BCUT2D eigenvalue weighted by molar-refractivity contribution is -0.137. The zero-order valence-corrected chi connectivity index (χ0v) is 13.7. The van der Waals surface area contributed by atoms with Crippen LogP contribution in [0.5, 0.6) is 0 Å².